The van der Waals surface area contributed by atoms with Crippen molar-refractivity contribution >= 4 is 23.2 Å². The molecule has 0 spiro atoms. The Morgan fingerprint density at radius 3 is 2.12 bits per heavy atom. The van der Waals surface area contributed by atoms with E-state index in [-0.39, 0.29) is 24.2 Å². The second-order valence-corrected chi connectivity index (χ2v) is 5.82. The third-order valence-electron chi connectivity index (χ3n) is 4.24. The van der Waals surface area contributed by atoms with Crippen LogP contribution in [0.2, 0.25) is 0 Å². The molecule has 1 heterocycles. The summed E-state index contributed by atoms with van der Waals surface area (Å²) < 4.78 is 10.2. The van der Waals surface area contributed by atoms with Gasteiger partial charge >= 0.3 is 0 Å². The van der Waals surface area contributed by atoms with Gasteiger partial charge in [-0.25, -0.2) is 0 Å². The van der Waals surface area contributed by atoms with E-state index in [1.165, 1.54) is 0 Å². The molecule has 1 aliphatic heterocycles. The summed E-state index contributed by atoms with van der Waals surface area (Å²) in [5.74, 6) is 0.857. The number of ether oxygens (including phenoxy) is 2. The van der Waals surface area contributed by atoms with E-state index < -0.39 is 0 Å². The number of carbonyl (C=O) groups excluding carboxylic acids is 2. The van der Waals surface area contributed by atoms with Gasteiger partial charge in [0, 0.05) is 24.3 Å². The smallest absolute Gasteiger partial charge is 0.229 e. The zero-order valence-corrected chi connectivity index (χ0v) is 14.2. The van der Waals surface area contributed by atoms with Crippen LogP contribution < -0.4 is 19.7 Å². The van der Waals surface area contributed by atoms with E-state index in [0.29, 0.717) is 12.2 Å². The predicted octanol–water partition coefficient (Wildman–Crippen LogP) is 2.70. The normalized spacial score (nSPS) is 16.6. The second kappa shape index (κ2) is 7.25. The first-order valence-electron chi connectivity index (χ1n) is 8.00. The maximum absolute atomic E-state index is 12.5. The second-order valence-electron chi connectivity index (χ2n) is 5.82. The summed E-state index contributed by atoms with van der Waals surface area (Å²) in [5.41, 5.74) is 1.45. The SMILES string of the molecule is COc1ccc(NC(=O)[C@@H]2CC(=O)N(c3ccc(OC)cc3)C2)cc1. The molecular formula is C19H20N2O4. The van der Waals surface area contributed by atoms with Crippen LogP contribution >= 0.6 is 0 Å². The van der Waals surface area contributed by atoms with Crippen LogP contribution in [0.5, 0.6) is 11.5 Å². The summed E-state index contributed by atoms with van der Waals surface area (Å²) in [7, 11) is 3.18. The minimum Gasteiger partial charge on any atom is -0.497 e. The molecule has 1 N–H and O–H groups in total. The molecule has 25 heavy (non-hydrogen) atoms. The Balaban J connectivity index is 1.65. The van der Waals surface area contributed by atoms with E-state index in [2.05, 4.69) is 5.32 Å². The van der Waals surface area contributed by atoms with Gasteiger partial charge in [0.15, 0.2) is 0 Å². The summed E-state index contributed by atoms with van der Waals surface area (Å²) in [4.78, 5) is 26.4. The highest BCUT2D eigenvalue weighted by Gasteiger charge is 2.35. The zero-order chi connectivity index (χ0) is 17.8. The van der Waals surface area contributed by atoms with Crippen molar-refractivity contribution in [2.45, 2.75) is 6.42 Å². The standard InChI is InChI=1S/C19H20N2O4/c1-24-16-7-3-14(4-8-16)20-19(23)13-11-18(22)21(12-13)15-5-9-17(25-2)10-6-15/h3-10,13H,11-12H2,1-2H3,(H,20,23)/t13-/m1/s1. The molecule has 2 aromatic rings. The molecule has 0 aromatic heterocycles. The van der Waals surface area contributed by atoms with Crippen molar-refractivity contribution in [1.82, 2.24) is 0 Å². The number of nitrogens with one attached hydrogen (secondary N) is 1. The number of nitrogens with zero attached hydrogens (tertiary/aromatic N) is 1. The lowest BCUT2D eigenvalue weighted by Gasteiger charge is -2.17. The summed E-state index contributed by atoms with van der Waals surface area (Å²) in [6, 6.07) is 14.3. The molecule has 6 heteroatoms. The number of amides is 2. The fourth-order valence-electron chi connectivity index (χ4n) is 2.81. The molecule has 6 nitrogen and oxygen atoms in total. The van der Waals surface area contributed by atoms with Crippen molar-refractivity contribution < 1.29 is 19.1 Å². The molecule has 130 valence electrons. The largest absolute Gasteiger partial charge is 0.497 e. The molecule has 3 rings (SSSR count). The van der Waals surface area contributed by atoms with Gasteiger partial charge in [0.05, 0.1) is 20.1 Å². The van der Waals surface area contributed by atoms with Crippen molar-refractivity contribution in [3.8, 4) is 11.5 Å². The van der Waals surface area contributed by atoms with Gasteiger partial charge in [0.2, 0.25) is 11.8 Å². The van der Waals surface area contributed by atoms with Gasteiger partial charge in [0.25, 0.3) is 0 Å². The molecule has 2 aromatic carbocycles. The Bertz CT molecular complexity index is 756. The van der Waals surface area contributed by atoms with Gasteiger partial charge in [-0.2, -0.15) is 0 Å². The van der Waals surface area contributed by atoms with E-state index in [0.717, 1.165) is 17.2 Å². The van der Waals surface area contributed by atoms with E-state index in [1.807, 2.05) is 12.1 Å². The third-order valence-corrected chi connectivity index (χ3v) is 4.24. The first-order chi connectivity index (χ1) is 12.1. The zero-order valence-electron chi connectivity index (χ0n) is 14.2. The van der Waals surface area contributed by atoms with E-state index >= 15 is 0 Å². The number of methoxy groups -OCH3 is 2. The topological polar surface area (TPSA) is 67.9 Å². The number of rotatable bonds is 5. The Hall–Kier alpha value is -3.02. The van der Waals surface area contributed by atoms with Crippen LogP contribution in [0.3, 0.4) is 0 Å². The minimum absolute atomic E-state index is 0.0555. The lowest BCUT2D eigenvalue weighted by molar-refractivity contribution is -0.122. The van der Waals surface area contributed by atoms with Gasteiger partial charge in [0.1, 0.15) is 11.5 Å². The van der Waals surface area contributed by atoms with Gasteiger partial charge in [-0.3, -0.25) is 9.59 Å². The lowest BCUT2D eigenvalue weighted by atomic mass is 10.1. The number of benzene rings is 2. The van der Waals surface area contributed by atoms with Crippen LogP contribution in [0.4, 0.5) is 11.4 Å². The summed E-state index contributed by atoms with van der Waals surface area (Å²) in [6.07, 6.45) is 0.202. The molecule has 0 unspecified atom stereocenters. The fourth-order valence-corrected chi connectivity index (χ4v) is 2.81. The van der Waals surface area contributed by atoms with E-state index in [1.54, 1.807) is 55.5 Å². The summed E-state index contributed by atoms with van der Waals surface area (Å²) in [6.45, 7) is 0.368. The quantitative estimate of drug-likeness (QED) is 0.909. The predicted molar refractivity (Wildman–Crippen MR) is 95.1 cm³/mol. The molecular weight excluding hydrogens is 320 g/mol. The van der Waals surface area contributed by atoms with Crippen LogP contribution in [-0.4, -0.2) is 32.6 Å². The monoisotopic (exact) mass is 340 g/mol. The maximum Gasteiger partial charge on any atom is 0.229 e. The highest BCUT2D eigenvalue weighted by molar-refractivity contribution is 6.03. The maximum atomic E-state index is 12.5. The first kappa shape index (κ1) is 16.8. The fraction of sp³-hybridized carbons (Fsp3) is 0.263. The highest BCUT2D eigenvalue weighted by Crippen LogP contribution is 2.27. The van der Waals surface area contributed by atoms with Crippen LogP contribution in [0.25, 0.3) is 0 Å². The molecule has 0 bridgehead atoms. The number of carbonyl (C=O) groups is 2. The van der Waals surface area contributed by atoms with Gasteiger partial charge < -0.3 is 19.7 Å². The Morgan fingerprint density at radius 1 is 1.00 bits per heavy atom. The molecule has 1 aliphatic rings. The average Bonchev–Trinajstić information content (AvgIpc) is 3.04. The van der Waals surface area contributed by atoms with Crippen molar-refractivity contribution in [2.24, 2.45) is 5.92 Å². The molecule has 0 radical (unpaired) electrons. The third kappa shape index (κ3) is 3.74. The lowest BCUT2D eigenvalue weighted by Crippen LogP contribution is -2.28. The van der Waals surface area contributed by atoms with Gasteiger partial charge in [-0.05, 0) is 48.5 Å². The first-order valence-corrected chi connectivity index (χ1v) is 8.00. The van der Waals surface area contributed by atoms with Gasteiger partial charge in [-0.1, -0.05) is 0 Å². The molecule has 1 saturated heterocycles. The molecule has 0 aliphatic carbocycles. The van der Waals surface area contributed by atoms with Crippen molar-refractivity contribution in [2.75, 3.05) is 31.0 Å². The van der Waals surface area contributed by atoms with Crippen LogP contribution in [0.15, 0.2) is 48.5 Å². The van der Waals surface area contributed by atoms with Crippen molar-refractivity contribution in [1.29, 1.82) is 0 Å². The Labute approximate surface area is 146 Å². The number of anilines is 2. The van der Waals surface area contributed by atoms with E-state index in [4.69, 9.17) is 9.47 Å². The Kier molecular flexibility index (Phi) is 4.88. The molecule has 2 amide bonds. The molecule has 0 saturated carbocycles. The highest BCUT2D eigenvalue weighted by atomic mass is 16.5. The summed E-state index contributed by atoms with van der Waals surface area (Å²) in [5, 5.41) is 2.85. The van der Waals surface area contributed by atoms with Crippen LogP contribution in [-0.2, 0) is 9.59 Å². The minimum atomic E-state index is -0.378. The molecule has 1 atom stereocenters. The van der Waals surface area contributed by atoms with Gasteiger partial charge in [-0.15, -0.1) is 0 Å². The summed E-state index contributed by atoms with van der Waals surface area (Å²) >= 11 is 0. The van der Waals surface area contributed by atoms with Crippen molar-refractivity contribution in [3.63, 3.8) is 0 Å². The van der Waals surface area contributed by atoms with Crippen molar-refractivity contribution in [3.05, 3.63) is 48.5 Å². The molecule has 1 fully saturated rings. The van der Waals surface area contributed by atoms with E-state index in [9.17, 15) is 9.59 Å². The number of hydrogen-bond acceptors (Lipinski definition) is 4. The van der Waals surface area contributed by atoms with Crippen LogP contribution in [0, 0.1) is 5.92 Å². The van der Waals surface area contributed by atoms with Crippen LogP contribution in [0.1, 0.15) is 6.42 Å². The number of hydrogen-bond donors (Lipinski definition) is 1. The average molecular weight is 340 g/mol. The Morgan fingerprint density at radius 2 is 1.56 bits per heavy atom.